The van der Waals surface area contributed by atoms with Crippen molar-refractivity contribution in [1.82, 2.24) is 9.55 Å². The molecule has 0 saturated carbocycles. The molecule has 0 fully saturated rings. The van der Waals surface area contributed by atoms with Gasteiger partial charge in [-0.15, -0.1) is 0 Å². The number of hydrogen-bond donors (Lipinski definition) is 1. The molecule has 0 bridgehead atoms. The van der Waals surface area contributed by atoms with Crippen LogP contribution in [0.4, 0.5) is 0 Å². The van der Waals surface area contributed by atoms with E-state index in [-0.39, 0.29) is 18.5 Å². The van der Waals surface area contributed by atoms with E-state index in [0.29, 0.717) is 16.8 Å². The lowest BCUT2D eigenvalue weighted by Crippen LogP contribution is -2.23. The van der Waals surface area contributed by atoms with E-state index in [1.165, 1.54) is 10.8 Å². The van der Waals surface area contributed by atoms with E-state index in [1.807, 2.05) is 0 Å². The lowest BCUT2D eigenvalue weighted by molar-refractivity contribution is -0.118. The minimum atomic E-state index is -0.449. The molecule has 2 N–H and O–H groups in total. The van der Waals surface area contributed by atoms with E-state index in [9.17, 15) is 9.59 Å². The van der Waals surface area contributed by atoms with Crippen molar-refractivity contribution < 1.29 is 9.53 Å². The van der Waals surface area contributed by atoms with Crippen LogP contribution in [0, 0.1) is 0 Å². The van der Waals surface area contributed by atoms with E-state index >= 15 is 0 Å². The molecule has 2 rings (SSSR count). The molecule has 0 aliphatic rings. The van der Waals surface area contributed by atoms with Gasteiger partial charge in [-0.05, 0) is 12.1 Å². The highest BCUT2D eigenvalue weighted by molar-refractivity contribution is 5.77. The zero-order valence-electron chi connectivity index (χ0n) is 9.92. The number of fused-ring (bicyclic) bond motifs is 1. The molecular weight excluding hydrogens is 234 g/mol. The molecule has 1 aromatic heterocycles. The summed E-state index contributed by atoms with van der Waals surface area (Å²) in [4.78, 5) is 26.6. The summed E-state index contributed by atoms with van der Waals surface area (Å²) in [7, 11) is 1.55. The third-order valence-electron chi connectivity index (χ3n) is 2.64. The largest absolute Gasteiger partial charge is 0.497 e. The zero-order chi connectivity index (χ0) is 13.1. The van der Waals surface area contributed by atoms with Crippen LogP contribution in [-0.4, -0.2) is 22.6 Å². The average molecular weight is 247 g/mol. The van der Waals surface area contributed by atoms with Crippen molar-refractivity contribution in [3.05, 3.63) is 34.7 Å². The van der Waals surface area contributed by atoms with Gasteiger partial charge in [-0.3, -0.25) is 9.59 Å². The second kappa shape index (κ2) is 4.87. The van der Waals surface area contributed by atoms with Crippen molar-refractivity contribution >= 4 is 16.9 Å². The molecule has 0 radical (unpaired) electrons. The van der Waals surface area contributed by atoms with Crippen molar-refractivity contribution in [2.75, 3.05) is 7.11 Å². The van der Waals surface area contributed by atoms with E-state index in [4.69, 9.17) is 10.5 Å². The maximum absolute atomic E-state index is 11.8. The molecule has 0 aliphatic carbocycles. The summed E-state index contributed by atoms with van der Waals surface area (Å²) in [6.07, 6.45) is 1.34. The fourth-order valence-electron chi connectivity index (χ4n) is 1.72. The second-order valence-electron chi connectivity index (χ2n) is 3.82. The fraction of sp³-hybridized carbons (Fsp3) is 0.250. The molecule has 18 heavy (non-hydrogen) atoms. The van der Waals surface area contributed by atoms with Gasteiger partial charge in [0.25, 0.3) is 5.56 Å². The third-order valence-corrected chi connectivity index (χ3v) is 2.64. The molecule has 0 aliphatic heterocycles. The lowest BCUT2D eigenvalue weighted by atomic mass is 10.2. The fourth-order valence-corrected chi connectivity index (χ4v) is 1.72. The number of ether oxygens (including phenoxy) is 1. The minimum Gasteiger partial charge on any atom is -0.497 e. The Morgan fingerprint density at radius 2 is 2.28 bits per heavy atom. The highest BCUT2D eigenvalue weighted by atomic mass is 16.5. The summed E-state index contributed by atoms with van der Waals surface area (Å²) in [6.45, 7) is 0.236. The summed E-state index contributed by atoms with van der Waals surface area (Å²) in [6, 6.07) is 5.23. The average Bonchev–Trinajstić information content (AvgIpc) is 2.36. The van der Waals surface area contributed by atoms with Gasteiger partial charge in [-0.1, -0.05) is 0 Å². The maximum atomic E-state index is 11.8. The number of aromatic nitrogens is 2. The van der Waals surface area contributed by atoms with Crippen LogP contribution < -0.4 is 16.0 Å². The number of nitrogens with two attached hydrogens (primary N) is 1. The first-order valence-electron chi connectivity index (χ1n) is 5.43. The number of hydrogen-bond acceptors (Lipinski definition) is 4. The highest BCUT2D eigenvalue weighted by Crippen LogP contribution is 2.17. The molecule has 0 atom stereocenters. The third kappa shape index (κ3) is 2.32. The molecule has 6 nitrogen and oxygen atoms in total. The van der Waals surface area contributed by atoms with Crippen LogP contribution in [-0.2, 0) is 11.3 Å². The van der Waals surface area contributed by atoms with Gasteiger partial charge in [0.2, 0.25) is 5.91 Å². The molecule has 1 heterocycles. The van der Waals surface area contributed by atoms with Crippen molar-refractivity contribution in [2.45, 2.75) is 13.0 Å². The SMILES string of the molecule is COc1ccc2ncc(=O)n(CCC(N)=O)c2c1. The molecule has 2 aromatic rings. The Hall–Kier alpha value is -2.37. The predicted molar refractivity (Wildman–Crippen MR) is 66.4 cm³/mol. The molecule has 0 unspecified atom stereocenters. The van der Waals surface area contributed by atoms with Crippen LogP contribution in [0.2, 0.25) is 0 Å². The Kier molecular flexibility index (Phi) is 3.27. The topological polar surface area (TPSA) is 87.2 Å². The minimum absolute atomic E-state index is 0.107. The van der Waals surface area contributed by atoms with Gasteiger partial charge in [0.05, 0.1) is 24.3 Å². The van der Waals surface area contributed by atoms with Gasteiger partial charge < -0.3 is 15.0 Å². The number of rotatable bonds is 4. The molecule has 0 saturated heterocycles. The number of amides is 1. The van der Waals surface area contributed by atoms with Crippen molar-refractivity contribution in [1.29, 1.82) is 0 Å². The normalized spacial score (nSPS) is 10.5. The van der Waals surface area contributed by atoms with Crippen LogP contribution in [0.15, 0.2) is 29.2 Å². The number of carbonyl (C=O) groups excluding carboxylic acids is 1. The lowest BCUT2D eigenvalue weighted by Gasteiger charge is -2.09. The second-order valence-corrected chi connectivity index (χ2v) is 3.82. The summed E-state index contributed by atoms with van der Waals surface area (Å²) >= 11 is 0. The summed E-state index contributed by atoms with van der Waals surface area (Å²) in [5.74, 6) is 0.178. The van der Waals surface area contributed by atoms with Crippen LogP contribution in [0.1, 0.15) is 6.42 Å². The van der Waals surface area contributed by atoms with E-state index in [1.54, 1.807) is 25.3 Å². The van der Waals surface area contributed by atoms with Gasteiger partial charge in [-0.25, -0.2) is 4.98 Å². The Morgan fingerprint density at radius 3 is 2.94 bits per heavy atom. The first-order chi connectivity index (χ1) is 8.61. The Morgan fingerprint density at radius 1 is 1.50 bits per heavy atom. The van der Waals surface area contributed by atoms with Gasteiger partial charge in [0.1, 0.15) is 5.75 Å². The number of carbonyl (C=O) groups is 1. The van der Waals surface area contributed by atoms with E-state index < -0.39 is 5.91 Å². The Labute approximate surface area is 103 Å². The summed E-state index contributed by atoms with van der Waals surface area (Å²) in [5, 5.41) is 0. The molecule has 1 amide bonds. The first-order valence-corrected chi connectivity index (χ1v) is 5.43. The number of primary amides is 1. The smallest absolute Gasteiger partial charge is 0.269 e. The van der Waals surface area contributed by atoms with Crippen molar-refractivity contribution in [3.8, 4) is 5.75 Å². The van der Waals surface area contributed by atoms with Gasteiger partial charge in [0.15, 0.2) is 0 Å². The van der Waals surface area contributed by atoms with Crippen LogP contribution in [0.5, 0.6) is 5.75 Å². The molecular formula is C12H13N3O3. The Balaban J connectivity index is 2.56. The number of nitrogens with zero attached hydrogens (tertiary/aromatic N) is 2. The maximum Gasteiger partial charge on any atom is 0.269 e. The number of aryl methyl sites for hydroxylation is 1. The quantitative estimate of drug-likeness (QED) is 0.840. The van der Waals surface area contributed by atoms with Gasteiger partial charge in [0, 0.05) is 19.0 Å². The van der Waals surface area contributed by atoms with E-state index in [2.05, 4.69) is 4.98 Å². The molecule has 1 aromatic carbocycles. The number of methoxy groups -OCH3 is 1. The van der Waals surface area contributed by atoms with Crippen molar-refractivity contribution in [2.24, 2.45) is 5.73 Å². The highest BCUT2D eigenvalue weighted by Gasteiger charge is 2.06. The zero-order valence-corrected chi connectivity index (χ0v) is 9.92. The van der Waals surface area contributed by atoms with Crippen molar-refractivity contribution in [3.63, 3.8) is 0 Å². The summed E-state index contributed by atoms with van der Waals surface area (Å²) < 4.78 is 6.58. The predicted octanol–water partition coefficient (Wildman–Crippen LogP) is 0.280. The van der Waals surface area contributed by atoms with Crippen LogP contribution in [0.25, 0.3) is 11.0 Å². The molecule has 6 heteroatoms. The Bertz CT molecular complexity index is 649. The first kappa shape index (κ1) is 12.1. The van der Waals surface area contributed by atoms with E-state index in [0.717, 1.165) is 0 Å². The van der Waals surface area contributed by atoms with Crippen LogP contribution >= 0.6 is 0 Å². The molecule has 94 valence electrons. The van der Waals surface area contributed by atoms with Gasteiger partial charge >= 0.3 is 0 Å². The number of benzene rings is 1. The molecule has 0 spiro atoms. The van der Waals surface area contributed by atoms with Crippen LogP contribution in [0.3, 0.4) is 0 Å². The summed E-state index contributed by atoms with van der Waals surface area (Å²) in [5.41, 5.74) is 6.12. The van der Waals surface area contributed by atoms with Gasteiger partial charge in [-0.2, -0.15) is 0 Å². The standard InChI is InChI=1S/C12H13N3O3/c1-18-8-2-3-9-10(6-8)15(5-4-11(13)16)12(17)7-14-9/h2-3,6-7H,4-5H2,1H3,(H2,13,16). The monoisotopic (exact) mass is 247 g/mol.